The summed E-state index contributed by atoms with van der Waals surface area (Å²) >= 11 is 1.69. The van der Waals surface area contributed by atoms with Crippen molar-refractivity contribution in [1.29, 1.82) is 0 Å². The molecule has 1 heterocycles. The summed E-state index contributed by atoms with van der Waals surface area (Å²) in [6.45, 7) is 1.34. The molecule has 0 saturated carbocycles. The molecule has 0 amide bonds. The van der Waals surface area contributed by atoms with Crippen molar-refractivity contribution in [3.63, 3.8) is 0 Å². The second-order valence-electron chi connectivity index (χ2n) is 2.33. The number of fused-ring (bicyclic) bond motifs is 1. The van der Waals surface area contributed by atoms with E-state index in [4.69, 9.17) is 9.47 Å². The van der Waals surface area contributed by atoms with Crippen molar-refractivity contribution in [2.75, 3.05) is 13.2 Å². The van der Waals surface area contributed by atoms with E-state index in [0.717, 1.165) is 11.5 Å². The zero-order valence-electron chi connectivity index (χ0n) is 6.91. The number of ether oxygens (including phenoxy) is 2. The summed E-state index contributed by atoms with van der Waals surface area (Å²) in [4.78, 5) is 0. The Balaban J connectivity index is 0.000000720. The average molecular weight is 293 g/mol. The maximum absolute atomic E-state index is 5.39. The van der Waals surface area contributed by atoms with Gasteiger partial charge in [-0.05, 0) is 0 Å². The molecule has 0 fully saturated rings. The fourth-order valence-electron chi connectivity index (χ4n) is 1.03. The molecule has 4 nitrogen and oxygen atoms in total. The minimum absolute atomic E-state index is 0. The first-order valence-corrected chi connectivity index (χ1v) is 4.72. The molecular weight excluding hydrogens is 282 g/mol. The molecule has 2 rings (SSSR count). The van der Waals surface area contributed by atoms with Gasteiger partial charge in [-0.2, -0.15) is 0 Å². The van der Waals surface area contributed by atoms with Crippen molar-refractivity contribution in [2.45, 2.75) is 0 Å². The van der Waals surface area contributed by atoms with Crippen LogP contribution in [0.2, 0.25) is 0 Å². The molecule has 0 aliphatic carbocycles. The van der Waals surface area contributed by atoms with E-state index in [2.05, 4.69) is 0 Å². The van der Waals surface area contributed by atoms with Crippen molar-refractivity contribution < 1.29 is 20.4 Å². The zero-order chi connectivity index (χ0) is 7.68. The summed E-state index contributed by atoms with van der Waals surface area (Å²) in [6, 6.07) is 6.02. The number of benzene rings is 1. The van der Waals surface area contributed by atoms with Gasteiger partial charge in [0.2, 0.25) is 0 Å². The van der Waals surface area contributed by atoms with Crippen LogP contribution in [0.15, 0.2) is 18.2 Å². The fourth-order valence-corrected chi connectivity index (χ4v) is 1.58. The van der Waals surface area contributed by atoms with Gasteiger partial charge in [-0.15, -0.1) is 0 Å². The van der Waals surface area contributed by atoms with E-state index >= 15 is 0 Å². The molecule has 5 heteroatoms. The monoisotopic (exact) mass is 292 g/mol. The van der Waals surface area contributed by atoms with Crippen molar-refractivity contribution in [2.24, 2.45) is 0 Å². The Kier molecular flexibility index (Phi) is 5.14. The van der Waals surface area contributed by atoms with Crippen LogP contribution in [0.25, 0.3) is 0 Å². The van der Waals surface area contributed by atoms with Gasteiger partial charge in [-0.3, -0.25) is 0 Å². The zero-order valence-corrected chi connectivity index (χ0v) is 9.46. The van der Waals surface area contributed by atoms with Crippen LogP contribution < -0.4 is 13.0 Å². The number of hydrogen-bond acceptors (Lipinski definition) is 2. The van der Waals surface area contributed by atoms with Gasteiger partial charge < -0.3 is 11.0 Å². The normalized spacial score (nSPS) is 12.4. The molecule has 2 radical (unpaired) electrons. The van der Waals surface area contributed by atoms with E-state index in [-0.39, 0.29) is 11.0 Å². The van der Waals surface area contributed by atoms with Gasteiger partial charge >= 0.3 is 78.9 Å². The molecule has 0 unspecified atom stereocenters. The third kappa shape index (κ3) is 2.76. The van der Waals surface area contributed by atoms with Gasteiger partial charge in [0.05, 0.1) is 0 Å². The number of hydrogen-bond donors (Lipinski definition) is 0. The Morgan fingerprint density at radius 1 is 1.00 bits per heavy atom. The van der Waals surface area contributed by atoms with Crippen molar-refractivity contribution >= 4 is 26.5 Å². The molecule has 0 atom stereocenters. The van der Waals surface area contributed by atoms with Crippen LogP contribution in [0.1, 0.15) is 0 Å². The first kappa shape index (κ1) is 12.6. The molecule has 1 aliphatic rings. The van der Waals surface area contributed by atoms with Crippen molar-refractivity contribution in [3.8, 4) is 11.5 Å². The molecular formula is C8H11O4Sb. The Labute approximate surface area is 90.0 Å². The van der Waals surface area contributed by atoms with Gasteiger partial charge in [0, 0.05) is 0 Å². The van der Waals surface area contributed by atoms with Crippen LogP contribution in [0.4, 0.5) is 0 Å². The van der Waals surface area contributed by atoms with Crippen LogP contribution in [0.5, 0.6) is 11.5 Å². The average Bonchev–Trinajstić information content (AvgIpc) is 2.04. The van der Waals surface area contributed by atoms with Crippen LogP contribution in [0, 0.1) is 0 Å². The number of rotatable bonds is 0. The minimum atomic E-state index is 0. The van der Waals surface area contributed by atoms with E-state index in [1.54, 1.807) is 23.0 Å². The van der Waals surface area contributed by atoms with Gasteiger partial charge in [-0.1, -0.05) is 0 Å². The first-order valence-electron chi connectivity index (χ1n) is 3.45. The van der Waals surface area contributed by atoms with Crippen molar-refractivity contribution in [1.82, 2.24) is 0 Å². The van der Waals surface area contributed by atoms with E-state index < -0.39 is 0 Å². The quantitative estimate of drug-likeness (QED) is 0.551. The molecule has 72 valence electrons. The topological polar surface area (TPSA) is 81.5 Å². The molecule has 1 aliphatic heterocycles. The molecule has 0 spiro atoms. The molecule has 4 N–H and O–H groups in total. The van der Waals surface area contributed by atoms with Gasteiger partial charge in [0.15, 0.2) is 0 Å². The SMILES string of the molecule is O.O.[Sb][c]1ccc2c(c1)OCCO2. The second kappa shape index (κ2) is 5.32. The summed E-state index contributed by atoms with van der Waals surface area (Å²) in [5, 5.41) is 0. The molecule has 0 aromatic heterocycles. The summed E-state index contributed by atoms with van der Waals surface area (Å²) in [5.41, 5.74) is 0. The van der Waals surface area contributed by atoms with Gasteiger partial charge in [0.1, 0.15) is 0 Å². The molecule has 0 bridgehead atoms. The third-order valence-electron chi connectivity index (χ3n) is 1.53. The molecule has 1 aromatic rings. The van der Waals surface area contributed by atoms with Gasteiger partial charge in [0.25, 0.3) is 0 Å². The molecule has 0 saturated heterocycles. The summed E-state index contributed by atoms with van der Waals surface area (Å²) in [5.74, 6) is 1.75. The van der Waals surface area contributed by atoms with E-state index in [9.17, 15) is 0 Å². The molecule has 13 heavy (non-hydrogen) atoms. The summed E-state index contributed by atoms with van der Waals surface area (Å²) < 4.78 is 12.0. The Bertz CT molecular complexity index is 277. The fraction of sp³-hybridized carbons (Fsp3) is 0.250. The second-order valence-corrected chi connectivity index (χ2v) is 3.80. The maximum atomic E-state index is 5.39. The predicted molar refractivity (Wildman–Crippen MR) is 50.0 cm³/mol. The Morgan fingerprint density at radius 2 is 1.62 bits per heavy atom. The van der Waals surface area contributed by atoms with Gasteiger partial charge in [-0.25, -0.2) is 0 Å². The van der Waals surface area contributed by atoms with Crippen LogP contribution in [-0.4, -0.2) is 47.2 Å². The standard InChI is InChI=1S/C8H7O2.2H2O.Sb/c1-2-4-8-7(3-1)9-5-6-10-8;;;/h1,3-4H,5-6H2;2*1H2;. The third-order valence-corrected chi connectivity index (χ3v) is 2.32. The van der Waals surface area contributed by atoms with Crippen LogP contribution in [0.3, 0.4) is 0 Å². The van der Waals surface area contributed by atoms with E-state index in [1.165, 1.54) is 3.51 Å². The molecule has 1 aromatic carbocycles. The first-order chi connectivity index (χ1) is 5.36. The van der Waals surface area contributed by atoms with Crippen molar-refractivity contribution in [3.05, 3.63) is 18.2 Å². The summed E-state index contributed by atoms with van der Waals surface area (Å²) in [7, 11) is 0. The van der Waals surface area contributed by atoms with E-state index in [0.29, 0.717) is 13.2 Å². The predicted octanol–water partition coefficient (Wildman–Crippen LogP) is -1.40. The Morgan fingerprint density at radius 3 is 2.31 bits per heavy atom. The summed E-state index contributed by atoms with van der Waals surface area (Å²) in [6.07, 6.45) is 0. The van der Waals surface area contributed by atoms with E-state index in [1.807, 2.05) is 18.2 Å². The van der Waals surface area contributed by atoms with Crippen LogP contribution in [-0.2, 0) is 0 Å². The van der Waals surface area contributed by atoms with Crippen LogP contribution >= 0.6 is 0 Å². The Hall–Kier alpha value is -0.442.